The summed E-state index contributed by atoms with van der Waals surface area (Å²) in [6, 6.07) is 5.73. The molecule has 0 bridgehead atoms. The molecule has 2 aromatic rings. The molecule has 94 valence electrons. The number of nitrogens with two attached hydrogens (primary N) is 1. The van der Waals surface area contributed by atoms with Gasteiger partial charge in [0, 0.05) is 6.92 Å². The van der Waals surface area contributed by atoms with Gasteiger partial charge in [0.15, 0.2) is 11.5 Å². The van der Waals surface area contributed by atoms with E-state index in [4.69, 9.17) is 10.3 Å². The van der Waals surface area contributed by atoms with E-state index in [0.29, 0.717) is 5.89 Å². The van der Waals surface area contributed by atoms with Crippen molar-refractivity contribution in [2.75, 3.05) is 0 Å². The number of carbonyl (C=O) groups is 1. The van der Waals surface area contributed by atoms with E-state index in [9.17, 15) is 4.79 Å². The van der Waals surface area contributed by atoms with Gasteiger partial charge < -0.3 is 4.42 Å². The number of benzene rings is 1. The van der Waals surface area contributed by atoms with Crippen LogP contribution in [0, 0.1) is 6.92 Å². The van der Waals surface area contributed by atoms with Gasteiger partial charge in [0.2, 0.25) is 5.91 Å². The monoisotopic (exact) mass is 245 g/mol. The molecule has 1 saturated carbocycles. The Morgan fingerprint density at radius 3 is 2.89 bits per heavy atom. The molecule has 1 fully saturated rings. The number of hydrogen-bond donors (Lipinski definition) is 2. The lowest BCUT2D eigenvalue weighted by Gasteiger charge is -2.40. The SMILES string of the molecule is Cc1nc2cc(C3(C(=O)NN)CCC3)ccc2o1. The number of rotatable bonds is 2. The summed E-state index contributed by atoms with van der Waals surface area (Å²) in [4.78, 5) is 16.3. The maximum atomic E-state index is 12.0. The number of aryl methyl sites for hydroxylation is 1. The average Bonchev–Trinajstić information content (AvgIpc) is 2.66. The van der Waals surface area contributed by atoms with Gasteiger partial charge in [-0.3, -0.25) is 10.2 Å². The van der Waals surface area contributed by atoms with Crippen molar-refractivity contribution in [2.24, 2.45) is 5.84 Å². The highest BCUT2D eigenvalue weighted by Crippen LogP contribution is 2.44. The van der Waals surface area contributed by atoms with Crippen LogP contribution < -0.4 is 11.3 Å². The largest absolute Gasteiger partial charge is 0.441 e. The normalized spacial score (nSPS) is 17.4. The zero-order valence-electron chi connectivity index (χ0n) is 10.2. The summed E-state index contributed by atoms with van der Waals surface area (Å²) < 4.78 is 5.44. The molecule has 1 aliphatic carbocycles. The molecule has 0 saturated heterocycles. The highest BCUT2D eigenvalue weighted by Gasteiger charge is 2.45. The summed E-state index contributed by atoms with van der Waals surface area (Å²) >= 11 is 0. The van der Waals surface area contributed by atoms with Gasteiger partial charge in [-0.05, 0) is 30.5 Å². The van der Waals surface area contributed by atoms with E-state index < -0.39 is 5.41 Å². The first-order valence-electron chi connectivity index (χ1n) is 6.04. The van der Waals surface area contributed by atoms with Crippen LogP contribution in [0.5, 0.6) is 0 Å². The zero-order valence-corrected chi connectivity index (χ0v) is 10.2. The molecule has 0 radical (unpaired) electrons. The number of carbonyl (C=O) groups excluding carboxylic acids is 1. The lowest BCUT2D eigenvalue weighted by Crippen LogP contribution is -2.51. The Bertz CT molecular complexity index is 614. The van der Waals surface area contributed by atoms with E-state index in [1.54, 1.807) is 0 Å². The number of aromatic nitrogens is 1. The molecule has 3 N–H and O–H groups in total. The van der Waals surface area contributed by atoms with Crippen LogP contribution >= 0.6 is 0 Å². The maximum absolute atomic E-state index is 12.0. The molecular formula is C13H15N3O2. The van der Waals surface area contributed by atoms with Crippen LogP contribution in [0.2, 0.25) is 0 Å². The quantitative estimate of drug-likeness (QED) is 0.478. The van der Waals surface area contributed by atoms with E-state index in [1.807, 2.05) is 25.1 Å². The molecule has 1 aromatic heterocycles. The topological polar surface area (TPSA) is 81.2 Å². The van der Waals surface area contributed by atoms with Crippen molar-refractivity contribution in [2.45, 2.75) is 31.6 Å². The van der Waals surface area contributed by atoms with Crippen LogP contribution in [0.1, 0.15) is 30.7 Å². The fourth-order valence-electron chi connectivity index (χ4n) is 2.66. The number of fused-ring (bicyclic) bond motifs is 1. The number of oxazole rings is 1. The number of nitrogens with zero attached hydrogens (tertiary/aromatic N) is 1. The van der Waals surface area contributed by atoms with Gasteiger partial charge in [-0.15, -0.1) is 0 Å². The lowest BCUT2D eigenvalue weighted by molar-refractivity contribution is -0.130. The molecule has 1 aliphatic rings. The smallest absolute Gasteiger partial charge is 0.244 e. The standard InChI is InChI=1S/C13H15N3O2/c1-8-15-10-7-9(3-4-11(10)18-8)13(5-2-6-13)12(17)16-14/h3-4,7H,2,5-6,14H2,1H3,(H,16,17). The van der Waals surface area contributed by atoms with Crippen LogP contribution in [-0.2, 0) is 10.2 Å². The first-order chi connectivity index (χ1) is 8.65. The first kappa shape index (κ1) is 11.2. The summed E-state index contributed by atoms with van der Waals surface area (Å²) in [5.74, 6) is 5.80. The van der Waals surface area contributed by atoms with E-state index in [2.05, 4.69) is 10.4 Å². The van der Waals surface area contributed by atoms with Crippen molar-refractivity contribution in [3.63, 3.8) is 0 Å². The fraction of sp³-hybridized carbons (Fsp3) is 0.385. The Kier molecular flexibility index (Phi) is 2.38. The minimum absolute atomic E-state index is 0.117. The van der Waals surface area contributed by atoms with Gasteiger partial charge in [-0.2, -0.15) is 0 Å². The molecule has 3 rings (SSSR count). The maximum Gasteiger partial charge on any atom is 0.244 e. The summed E-state index contributed by atoms with van der Waals surface area (Å²) in [6.45, 7) is 1.81. The van der Waals surface area contributed by atoms with Gasteiger partial charge >= 0.3 is 0 Å². The van der Waals surface area contributed by atoms with E-state index in [1.165, 1.54) is 0 Å². The first-order valence-corrected chi connectivity index (χ1v) is 6.04. The number of amides is 1. The van der Waals surface area contributed by atoms with Crippen LogP contribution in [-0.4, -0.2) is 10.9 Å². The third kappa shape index (κ3) is 1.44. The van der Waals surface area contributed by atoms with Crippen LogP contribution in [0.3, 0.4) is 0 Å². The van der Waals surface area contributed by atoms with Gasteiger partial charge in [0.1, 0.15) is 5.52 Å². The Labute approximate surface area is 104 Å². The van der Waals surface area contributed by atoms with Gasteiger partial charge in [0.05, 0.1) is 5.41 Å². The summed E-state index contributed by atoms with van der Waals surface area (Å²) in [5, 5.41) is 0. The number of hydrazine groups is 1. The highest BCUT2D eigenvalue weighted by molar-refractivity contribution is 5.90. The molecule has 0 spiro atoms. The highest BCUT2D eigenvalue weighted by atomic mass is 16.3. The van der Waals surface area contributed by atoms with Crippen molar-refractivity contribution >= 4 is 17.0 Å². The Balaban J connectivity index is 2.10. The predicted molar refractivity (Wildman–Crippen MR) is 66.6 cm³/mol. The second-order valence-corrected chi connectivity index (χ2v) is 4.82. The van der Waals surface area contributed by atoms with E-state index in [-0.39, 0.29) is 5.91 Å². The molecule has 0 atom stereocenters. The van der Waals surface area contributed by atoms with Crippen LogP contribution in [0.4, 0.5) is 0 Å². The summed E-state index contributed by atoms with van der Waals surface area (Å²) in [7, 11) is 0. The third-order valence-corrected chi connectivity index (χ3v) is 3.82. The second kappa shape index (κ2) is 3.81. The van der Waals surface area contributed by atoms with E-state index in [0.717, 1.165) is 35.9 Å². The van der Waals surface area contributed by atoms with Crippen molar-refractivity contribution in [3.05, 3.63) is 29.7 Å². The minimum Gasteiger partial charge on any atom is -0.441 e. The van der Waals surface area contributed by atoms with Crippen molar-refractivity contribution in [3.8, 4) is 0 Å². The van der Waals surface area contributed by atoms with E-state index >= 15 is 0 Å². The predicted octanol–water partition coefficient (Wildman–Crippen LogP) is 1.55. The molecule has 1 amide bonds. The Morgan fingerprint density at radius 2 is 2.28 bits per heavy atom. The number of nitrogens with one attached hydrogen (secondary N) is 1. The van der Waals surface area contributed by atoms with Crippen molar-refractivity contribution in [1.82, 2.24) is 10.4 Å². The van der Waals surface area contributed by atoms with Crippen LogP contribution in [0.15, 0.2) is 22.6 Å². The molecule has 5 heteroatoms. The minimum atomic E-state index is -0.476. The zero-order chi connectivity index (χ0) is 12.8. The molecular weight excluding hydrogens is 230 g/mol. The average molecular weight is 245 g/mol. The lowest BCUT2D eigenvalue weighted by atomic mass is 9.64. The summed E-state index contributed by atoms with van der Waals surface area (Å²) in [6.07, 6.45) is 2.71. The Morgan fingerprint density at radius 1 is 1.50 bits per heavy atom. The molecule has 1 heterocycles. The Hall–Kier alpha value is -1.88. The summed E-state index contributed by atoms with van der Waals surface area (Å²) in [5.41, 5.74) is 4.31. The third-order valence-electron chi connectivity index (χ3n) is 3.82. The molecule has 18 heavy (non-hydrogen) atoms. The molecule has 1 aromatic carbocycles. The van der Waals surface area contributed by atoms with Crippen molar-refractivity contribution in [1.29, 1.82) is 0 Å². The molecule has 0 unspecified atom stereocenters. The van der Waals surface area contributed by atoms with Crippen LogP contribution in [0.25, 0.3) is 11.1 Å². The van der Waals surface area contributed by atoms with Gasteiger partial charge in [-0.1, -0.05) is 12.5 Å². The fourth-order valence-corrected chi connectivity index (χ4v) is 2.66. The molecule has 5 nitrogen and oxygen atoms in total. The van der Waals surface area contributed by atoms with Gasteiger partial charge in [-0.25, -0.2) is 10.8 Å². The van der Waals surface area contributed by atoms with Crippen molar-refractivity contribution < 1.29 is 9.21 Å². The number of hydrogen-bond acceptors (Lipinski definition) is 4. The molecule has 0 aliphatic heterocycles. The van der Waals surface area contributed by atoms with Gasteiger partial charge in [0.25, 0.3) is 0 Å². The second-order valence-electron chi connectivity index (χ2n) is 4.82.